The minimum Gasteiger partial charge on any atom is -0.352 e. The molecule has 0 spiro atoms. The van der Waals surface area contributed by atoms with Gasteiger partial charge in [0.05, 0.1) is 6.61 Å². The largest absolute Gasteiger partial charge is 0.352 e. The summed E-state index contributed by atoms with van der Waals surface area (Å²) in [6.45, 7) is 12.9. The maximum atomic E-state index is 14.5. The molecule has 2 N–H and O–H groups in total. The number of amides is 1. The Morgan fingerprint density at radius 2 is 1.95 bits per heavy atom. The van der Waals surface area contributed by atoms with Crippen LogP contribution in [0.1, 0.15) is 64.3 Å². The van der Waals surface area contributed by atoms with Crippen molar-refractivity contribution in [2.24, 2.45) is 0 Å². The van der Waals surface area contributed by atoms with Crippen molar-refractivity contribution in [3.63, 3.8) is 0 Å². The van der Waals surface area contributed by atoms with Gasteiger partial charge in [-0.05, 0) is 75.0 Å². The lowest BCUT2D eigenvalue weighted by Crippen LogP contribution is -2.31. The van der Waals surface area contributed by atoms with Gasteiger partial charge < -0.3 is 10.3 Å². The number of carbonyl (C=O) groups excluding carboxylic acids is 1. The number of likely N-dealkylation sites (N-methyl/N-ethyl adjacent to an activating group) is 1. The number of aromatic nitrogens is 1. The van der Waals surface area contributed by atoms with Crippen LogP contribution in [0.4, 0.5) is 4.39 Å². The third-order valence-electron chi connectivity index (χ3n) is 6.11. The van der Waals surface area contributed by atoms with Crippen LogP contribution < -0.4 is 10.9 Å². The molecule has 2 rings (SSSR count). The van der Waals surface area contributed by atoms with Crippen LogP contribution in [0.2, 0.25) is 0 Å². The van der Waals surface area contributed by atoms with Crippen molar-refractivity contribution in [3.05, 3.63) is 97.8 Å². The number of halogens is 1. The molecule has 0 atom stereocenters. The number of H-pyrrole nitrogens is 1. The van der Waals surface area contributed by atoms with E-state index in [2.05, 4.69) is 23.3 Å². The van der Waals surface area contributed by atoms with E-state index in [4.69, 9.17) is 4.84 Å². The third-order valence-corrected chi connectivity index (χ3v) is 6.11. The zero-order chi connectivity index (χ0) is 28.1. The fraction of sp³-hybridized carbons (Fsp3) is 0.419. The van der Waals surface area contributed by atoms with E-state index in [1.165, 1.54) is 6.92 Å². The summed E-state index contributed by atoms with van der Waals surface area (Å²) in [4.78, 5) is 33.6. The molecule has 6 nitrogen and oxygen atoms in total. The van der Waals surface area contributed by atoms with Crippen LogP contribution >= 0.6 is 0 Å². The van der Waals surface area contributed by atoms with Crippen molar-refractivity contribution in [1.29, 1.82) is 0 Å². The Hall–Kier alpha value is -3.29. The van der Waals surface area contributed by atoms with E-state index in [0.29, 0.717) is 43.6 Å². The molecule has 0 saturated heterocycles. The smallest absolute Gasteiger partial charge is 0.251 e. The molecule has 1 aromatic rings. The highest BCUT2D eigenvalue weighted by molar-refractivity contribution is 5.96. The number of aromatic amines is 1. The lowest BCUT2D eigenvalue weighted by molar-refractivity contribution is -0.142. The van der Waals surface area contributed by atoms with Crippen molar-refractivity contribution in [3.8, 4) is 0 Å². The molecule has 1 amide bonds. The number of hydroxylamine groups is 2. The number of carbonyl (C=O) groups is 1. The van der Waals surface area contributed by atoms with Crippen molar-refractivity contribution in [1.82, 2.24) is 15.4 Å². The highest BCUT2D eigenvalue weighted by atomic mass is 19.1. The molecule has 1 aliphatic rings. The molecular formula is C31H42FN3O3. The molecule has 0 fully saturated rings. The molecule has 0 aliphatic carbocycles. The minimum absolute atomic E-state index is 0.0666. The topological polar surface area (TPSA) is 74.4 Å². The Labute approximate surface area is 226 Å². The Morgan fingerprint density at radius 1 is 1.18 bits per heavy atom. The van der Waals surface area contributed by atoms with E-state index in [0.717, 1.165) is 34.4 Å². The molecule has 7 heteroatoms. The molecular weight excluding hydrogens is 481 g/mol. The maximum Gasteiger partial charge on any atom is 0.251 e. The second-order valence-electron chi connectivity index (χ2n) is 9.14. The maximum absolute atomic E-state index is 14.5. The summed E-state index contributed by atoms with van der Waals surface area (Å²) in [6.07, 6.45) is 15.4. The van der Waals surface area contributed by atoms with E-state index in [-0.39, 0.29) is 23.9 Å². The first-order valence-corrected chi connectivity index (χ1v) is 13.4. The lowest BCUT2D eigenvalue weighted by atomic mass is 10.0. The number of pyridine rings is 1. The number of rotatable bonds is 12. The predicted octanol–water partition coefficient (Wildman–Crippen LogP) is 6.04. The molecule has 2 heterocycles. The van der Waals surface area contributed by atoms with Gasteiger partial charge in [0.2, 0.25) is 0 Å². The van der Waals surface area contributed by atoms with Crippen LogP contribution in [0.3, 0.4) is 0 Å². The highest BCUT2D eigenvalue weighted by Crippen LogP contribution is 2.23. The van der Waals surface area contributed by atoms with Gasteiger partial charge in [0.25, 0.3) is 11.5 Å². The summed E-state index contributed by atoms with van der Waals surface area (Å²) in [5, 5.41) is 4.60. The van der Waals surface area contributed by atoms with Gasteiger partial charge in [-0.1, -0.05) is 51.2 Å². The fourth-order valence-electron chi connectivity index (χ4n) is 4.04. The van der Waals surface area contributed by atoms with Gasteiger partial charge in [0, 0.05) is 42.0 Å². The summed E-state index contributed by atoms with van der Waals surface area (Å²) >= 11 is 0. The number of nitrogens with one attached hydrogen (secondary N) is 2. The van der Waals surface area contributed by atoms with E-state index in [1.807, 2.05) is 63.1 Å². The van der Waals surface area contributed by atoms with Crippen molar-refractivity contribution < 1.29 is 14.0 Å². The average Bonchev–Trinajstić information content (AvgIpc) is 2.89. The third kappa shape index (κ3) is 9.23. The van der Waals surface area contributed by atoms with Gasteiger partial charge in [-0.2, -0.15) is 5.06 Å². The van der Waals surface area contributed by atoms with E-state index < -0.39 is 0 Å². The first-order chi connectivity index (χ1) is 18.2. The molecule has 38 heavy (non-hydrogen) atoms. The summed E-state index contributed by atoms with van der Waals surface area (Å²) in [6, 6.07) is 1.94. The Morgan fingerprint density at radius 3 is 2.53 bits per heavy atom. The Bertz CT molecular complexity index is 1210. The van der Waals surface area contributed by atoms with Gasteiger partial charge in [0.1, 0.15) is 5.83 Å². The predicted molar refractivity (Wildman–Crippen MR) is 154 cm³/mol. The number of allylic oxidation sites excluding steroid dienone is 4. The molecule has 0 saturated carbocycles. The summed E-state index contributed by atoms with van der Waals surface area (Å²) in [7, 11) is 0. The zero-order valence-electron chi connectivity index (χ0n) is 23.6. The number of aryl methyl sites for hydroxylation is 2. The summed E-state index contributed by atoms with van der Waals surface area (Å²) in [5.74, 6) is -0.514. The van der Waals surface area contributed by atoms with Crippen LogP contribution in [-0.2, 0) is 16.1 Å². The van der Waals surface area contributed by atoms with E-state index in [1.54, 1.807) is 12.2 Å². The van der Waals surface area contributed by atoms with Crippen LogP contribution in [0.5, 0.6) is 0 Å². The van der Waals surface area contributed by atoms with Gasteiger partial charge >= 0.3 is 0 Å². The van der Waals surface area contributed by atoms with E-state index >= 15 is 0 Å². The molecule has 0 bridgehead atoms. The van der Waals surface area contributed by atoms with Gasteiger partial charge in [-0.25, -0.2) is 4.39 Å². The van der Waals surface area contributed by atoms with Gasteiger partial charge in [-0.15, -0.1) is 0 Å². The van der Waals surface area contributed by atoms with Crippen LogP contribution in [-0.4, -0.2) is 42.2 Å². The quantitative estimate of drug-likeness (QED) is 0.259. The van der Waals surface area contributed by atoms with Crippen molar-refractivity contribution >= 4 is 12.0 Å². The summed E-state index contributed by atoms with van der Waals surface area (Å²) in [5.41, 5.74) is 5.13. The van der Waals surface area contributed by atoms with E-state index in [9.17, 15) is 14.0 Å². The molecule has 206 valence electrons. The molecule has 1 aliphatic heterocycles. The molecule has 0 radical (unpaired) electrons. The second-order valence-corrected chi connectivity index (χ2v) is 9.14. The lowest BCUT2D eigenvalue weighted by Gasteiger charge is -2.27. The number of nitrogens with zero attached hydrogens (tertiary/aromatic N) is 1. The molecule has 0 aromatic carbocycles. The first kappa shape index (κ1) is 30.9. The number of hydrogen-bond donors (Lipinski definition) is 2. The number of hydrogen-bond acceptors (Lipinski definition) is 4. The van der Waals surface area contributed by atoms with Gasteiger partial charge in [-0.3, -0.25) is 14.4 Å². The minimum atomic E-state index is -0.335. The monoisotopic (exact) mass is 523 g/mol. The highest BCUT2D eigenvalue weighted by Gasteiger charge is 2.17. The molecule has 1 aromatic heterocycles. The van der Waals surface area contributed by atoms with Crippen LogP contribution in [0.25, 0.3) is 6.08 Å². The zero-order valence-corrected chi connectivity index (χ0v) is 23.6. The SMILES string of the molecule is CC/C=C(/C=C\C(C1=CCN(CC(/C=C/CC)=C/c2[nH]c(=O)c(CC)cc2C)OC1)=C(/C)F)C(=O)NCC. The second kappa shape index (κ2) is 15.8. The fourth-order valence-corrected chi connectivity index (χ4v) is 4.04. The first-order valence-electron chi connectivity index (χ1n) is 13.4. The van der Waals surface area contributed by atoms with Crippen LogP contribution in [0, 0.1) is 6.92 Å². The summed E-state index contributed by atoms with van der Waals surface area (Å²) < 4.78 is 14.5. The van der Waals surface area contributed by atoms with Gasteiger partial charge in [0.15, 0.2) is 0 Å². The van der Waals surface area contributed by atoms with Crippen molar-refractivity contribution in [2.75, 3.05) is 26.2 Å². The Kier molecular flexibility index (Phi) is 12.9. The van der Waals surface area contributed by atoms with Crippen LogP contribution in [0.15, 0.2) is 75.4 Å². The molecule has 0 unspecified atom stereocenters. The standard InChI is InChI=1S/C31H42FN3O3/c1-7-11-13-24(19-29-22(5)18-25(9-3)31(37)34-29)20-35-17-16-27(21-38-35)28(23(6)32)15-14-26(12-8-2)30(36)33-10-4/h11-16,18-19H,7-10,17,20-21H2,1-6H3,(H,33,36)(H,34,37)/b13-11+,15-14-,24-19+,26-12-,28-23-. The normalized spacial score (nSPS) is 16.2. The Balaban J connectivity index is 2.23. The average molecular weight is 524 g/mol. The van der Waals surface area contributed by atoms with Crippen molar-refractivity contribution in [2.45, 2.75) is 60.8 Å².